The van der Waals surface area contributed by atoms with Crippen molar-refractivity contribution in [2.75, 3.05) is 19.6 Å². The molecule has 0 aromatic heterocycles. The molecule has 0 bridgehead atoms. The first-order chi connectivity index (χ1) is 9.79. The van der Waals surface area contributed by atoms with Gasteiger partial charge in [0.15, 0.2) is 0 Å². The molecule has 1 aliphatic heterocycles. The van der Waals surface area contributed by atoms with E-state index in [4.69, 9.17) is 0 Å². The number of halogens is 3. The summed E-state index contributed by atoms with van der Waals surface area (Å²) >= 11 is 0. The molecule has 1 rings (SSSR count). The lowest BCUT2D eigenvalue weighted by Crippen LogP contribution is -2.45. The van der Waals surface area contributed by atoms with Crippen molar-refractivity contribution < 1.29 is 22.8 Å². The topological polar surface area (TPSA) is 49.4 Å². The highest BCUT2D eigenvalue weighted by Gasteiger charge is 2.38. The van der Waals surface area contributed by atoms with Crippen molar-refractivity contribution in [3.05, 3.63) is 0 Å². The number of carbonyl (C=O) groups excluding carboxylic acids is 2. The quantitative estimate of drug-likeness (QED) is 0.847. The molecule has 1 saturated heterocycles. The van der Waals surface area contributed by atoms with Crippen LogP contribution in [-0.2, 0) is 9.59 Å². The average molecular weight is 308 g/mol. The third-order valence-corrected chi connectivity index (χ3v) is 4.07. The fraction of sp³-hybridized carbons (Fsp3) is 0.857. The number of hydrogen-bond acceptors (Lipinski definition) is 2. The van der Waals surface area contributed by atoms with Gasteiger partial charge in [0.25, 0.3) is 0 Å². The number of alkyl halides is 3. The Hall–Kier alpha value is -1.27. The minimum absolute atomic E-state index is 0.00190. The summed E-state index contributed by atoms with van der Waals surface area (Å²) in [5.41, 5.74) is 0. The smallest absolute Gasteiger partial charge is 0.348 e. The van der Waals surface area contributed by atoms with Gasteiger partial charge in [-0.25, -0.2) is 0 Å². The molecule has 0 atom stereocenters. The second kappa shape index (κ2) is 7.66. The highest BCUT2D eigenvalue weighted by molar-refractivity contribution is 5.81. The van der Waals surface area contributed by atoms with E-state index in [0.29, 0.717) is 25.9 Å². The second-order valence-corrected chi connectivity index (χ2v) is 5.49. The van der Waals surface area contributed by atoms with E-state index in [1.807, 2.05) is 19.2 Å². The fourth-order valence-corrected chi connectivity index (χ4v) is 2.59. The Kier molecular flexibility index (Phi) is 6.48. The molecule has 0 aromatic carbocycles. The van der Waals surface area contributed by atoms with E-state index in [1.165, 1.54) is 0 Å². The first kappa shape index (κ1) is 17.8. The number of likely N-dealkylation sites (tertiary alicyclic amines) is 1. The maximum absolute atomic E-state index is 12.2. The van der Waals surface area contributed by atoms with Crippen molar-refractivity contribution in [2.24, 2.45) is 11.8 Å². The predicted molar refractivity (Wildman–Crippen MR) is 72.4 cm³/mol. The van der Waals surface area contributed by atoms with Crippen LogP contribution < -0.4 is 5.32 Å². The Morgan fingerprint density at radius 1 is 1.19 bits per heavy atom. The molecule has 0 aliphatic carbocycles. The third kappa shape index (κ3) is 5.21. The Bertz CT molecular complexity index is 360. The van der Waals surface area contributed by atoms with Crippen LogP contribution in [0.3, 0.4) is 0 Å². The van der Waals surface area contributed by atoms with E-state index >= 15 is 0 Å². The lowest BCUT2D eigenvalue weighted by Gasteiger charge is -2.34. The van der Waals surface area contributed by atoms with Gasteiger partial charge in [0.1, 0.15) is 0 Å². The van der Waals surface area contributed by atoms with Crippen LogP contribution in [0.4, 0.5) is 13.2 Å². The Balaban J connectivity index is 2.36. The minimum atomic E-state index is -4.83. The molecule has 4 nitrogen and oxygen atoms in total. The summed E-state index contributed by atoms with van der Waals surface area (Å²) in [4.78, 5) is 24.7. The van der Waals surface area contributed by atoms with E-state index in [0.717, 1.165) is 12.8 Å². The van der Waals surface area contributed by atoms with Crippen LogP contribution in [0, 0.1) is 11.8 Å². The van der Waals surface area contributed by atoms with E-state index in [1.54, 1.807) is 4.90 Å². The zero-order chi connectivity index (χ0) is 16.0. The van der Waals surface area contributed by atoms with E-state index in [9.17, 15) is 22.8 Å². The normalized spacial score (nSPS) is 17.1. The monoisotopic (exact) mass is 308 g/mol. The molecule has 1 aliphatic rings. The molecule has 0 radical (unpaired) electrons. The van der Waals surface area contributed by atoms with Gasteiger partial charge in [0, 0.05) is 25.6 Å². The van der Waals surface area contributed by atoms with Crippen LogP contribution in [0.15, 0.2) is 0 Å². The van der Waals surface area contributed by atoms with Crippen molar-refractivity contribution in [2.45, 2.75) is 45.7 Å². The van der Waals surface area contributed by atoms with Crippen molar-refractivity contribution in [3.8, 4) is 0 Å². The van der Waals surface area contributed by atoms with Gasteiger partial charge in [-0.15, -0.1) is 0 Å². The summed E-state index contributed by atoms with van der Waals surface area (Å²) in [5.74, 6) is -1.72. The van der Waals surface area contributed by atoms with Gasteiger partial charge in [0.2, 0.25) is 5.91 Å². The minimum Gasteiger partial charge on any atom is -0.348 e. The first-order valence-corrected chi connectivity index (χ1v) is 7.43. The van der Waals surface area contributed by atoms with Gasteiger partial charge in [-0.3, -0.25) is 9.59 Å². The molecular weight excluding hydrogens is 285 g/mol. The van der Waals surface area contributed by atoms with Crippen LogP contribution in [0.1, 0.15) is 39.5 Å². The molecule has 1 N–H and O–H groups in total. The maximum Gasteiger partial charge on any atom is 0.471 e. The first-order valence-electron chi connectivity index (χ1n) is 7.43. The fourth-order valence-electron chi connectivity index (χ4n) is 2.59. The van der Waals surface area contributed by atoms with E-state index in [2.05, 4.69) is 0 Å². The summed E-state index contributed by atoms with van der Waals surface area (Å²) in [7, 11) is 0. The highest BCUT2D eigenvalue weighted by atomic mass is 19.4. The lowest BCUT2D eigenvalue weighted by molar-refractivity contribution is -0.173. The summed E-state index contributed by atoms with van der Waals surface area (Å²) < 4.78 is 36.2. The highest BCUT2D eigenvalue weighted by Crippen LogP contribution is 2.21. The molecule has 0 unspecified atom stereocenters. The largest absolute Gasteiger partial charge is 0.471 e. The standard InChI is InChI=1S/C14H23F3N2O2/c1-3-11(4-2)12(20)19-7-5-10(6-8-19)9-18-13(21)14(15,16)17/h10-11H,3-9H2,1-2H3,(H,18,21). The molecule has 0 spiro atoms. The summed E-state index contributed by atoms with van der Waals surface area (Å²) in [6.07, 6.45) is -1.96. The number of amides is 2. The van der Waals surface area contributed by atoms with Crippen molar-refractivity contribution in [1.29, 1.82) is 0 Å². The second-order valence-electron chi connectivity index (χ2n) is 5.49. The number of hydrogen-bond donors (Lipinski definition) is 1. The van der Waals surface area contributed by atoms with Gasteiger partial charge < -0.3 is 10.2 Å². The molecule has 0 aromatic rings. The van der Waals surface area contributed by atoms with E-state index < -0.39 is 12.1 Å². The average Bonchev–Trinajstić information content (AvgIpc) is 2.45. The molecule has 122 valence electrons. The molecular formula is C14H23F3N2O2. The van der Waals surface area contributed by atoms with Gasteiger partial charge in [-0.05, 0) is 31.6 Å². The van der Waals surface area contributed by atoms with Crippen LogP contribution in [0.5, 0.6) is 0 Å². The number of rotatable bonds is 5. The molecule has 7 heteroatoms. The Labute approximate surface area is 123 Å². The SMILES string of the molecule is CCC(CC)C(=O)N1CCC(CNC(=O)C(F)(F)F)CC1. The van der Waals surface area contributed by atoms with Crippen LogP contribution >= 0.6 is 0 Å². The van der Waals surface area contributed by atoms with Crippen molar-refractivity contribution in [3.63, 3.8) is 0 Å². The summed E-state index contributed by atoms with van der Waals surface area (Å²) in [6.45, 7) is 5.09. The molecule has 2 amide bonds. The van der Waals surface area contributed by atoms with Crippen molar-refractivity contribution in [1.82, 2.24) is 10.2 Å². The lowest BCUT2D eigenvalue weighted by atomic mass is 9.94. The number of carbonyl (C=O) groups is 2. The Morgan fingerprint density at radius 2 is 1.71 bits per heavy atom. The van der Waals surface area contributed by atoms with Crippen LogP contribution in [0.2, 0.25) is 0 Å². The molecule has 1 heterocycles. The molecule has 21 heavy (non-hydrogen) atoms. The van der Waals surface area contributed by atoms with Crippen LogP contribution in [-0.4, -0.2) is 42.5 Å². The predicted octanol–water partition coefficient (Wildman–Crippen LogP) is 2.34. The number of piperidine rings is 1. The van der Waals surface area contributed by atoms with Gasteiger partial charge >= 0.3 is 12.1 Å². The van der Waals surface area contributed by atoms with E-state index in [-0.39, 0.29) is 24.3 Å². The number of nitrogens with zero attached hydrogens (tertiary/aromatic N) is 1. The summed E-state index contributed by atoms with van der Waals surface area (Å²) in [6, 6.07) is 0. The zero-order valence-corrected chi connectivity index (χ0v) is 12.5. The number of nitrogens with one attached hydrogen (secondary N) is 1. The van der Waals surface area contributed by atoms with Gasteiger partial charge in [0.05, 0.1) is 0 Å². The maximum atomic E-state index is 12.2. The van der Waals surface area contributed by atoms with Gasteiger partial charge in [-0.1, -0.05) is 13.8 Å². The van der Waals surface area contributed by atoms with Crippen LogP contribution in [0.25, 0.3) is 0 Å². The molecule has 0 saturated carbocycles. The zero-order valence-electron chi connectivity index (χ0n) is 12.5. The van der Waals surface area contributed by atoms with Gasteiger partial charge in [-0.2, -0.15) is 13.2 Å². The Morgan fingerprint density at radius 3 is 2.14 bits per heavy atom. The third-order valence-electron chi connectivity index (χ3n) is 4.07. The molecule has 1 fully saturated rings. The van der Waals surface area contributed by atoms with Crippen molar-refractivity contribution >= 4 is 11.8 Å². The summed E-state index contributed by atoms with van der Waals surface area (Å²) in [5, 5.41) is 1.91.